The number of rotatable bonds is 4. The summed E-state index contributed by atoms with van der Waals surface area (Å²) >= 11 is 0. The summed E-state index contributed by atoms with van der Waals surface area (Å²) in [7, 11) is -0.848. The Bertz CT molecular complexity index is 1270. The van der Waals surface area contributed by atoms with Crippen LogP contribution in [0.5, 0.6) is 5.75 Å². The third kappa shape index (κ3) is 3.56. The third-order valence-corrected chi connectivity index (χ3v) is 6.46. The van der Waals surface area contributed by atoms with E-state index in [0.717, 1.165) is 4.31 Å². The van der Waals surface area contributed by atoms with Crippen LogP contribution in [-0.2, 0) is 10.0 Å². The van der Waals surface area contributed by atoms with Crippen LogP contribution in [0.2, 0.25) is 0 Å². The average molecular weight is 431 g/mol. The lowest BCUT2D eigenvalue weighted by molar-refractivity contribution is 0.413. The Hall–Kier alpha value is -3.54. The minimum atomic E-state index is -3.68. The number of benzene rings is 1. The smallest absolute Gasteiger partial charge is 0.239 e. The number of nitrogens with one attached hydrogen (secondary N) is 1. The van der Waals surface area contributed by atoms with E-state index in [1.807, 2.05) is 0 Å². The van der Waals surface area contributed by atoms with Gasteiger partial charge < -0.3 is 15.8 Å². The van der Waals surface area contributed by atoms with Crippen LogP contribution in [0.1, 0.15) is 11.6 Å². The summed E-state index contributed by atoms with van der Waals surface area (Å²) in [6, 6.07) is 4.97. The van der Waals surface area contributed by atoms with Crippen molar-refractivity contribution in [2.24, 2.45) is 10.7 Å². The topological polar surface area (TPSA) is 136 Å². The molecule has 1 aliphatic heterocycles. The Morgan fingerprint density at radius 1 is 1.27 bits per heavy atom. The largest absolute Gasteiger partial charge is 0.495 e. The van der Waals surface area contributed by atoms with Crippen LogP contribution in [0.4, 0.5) is 15.9 Å². The molecule has 0 radical (unpaired) electrons. The number of ether oxygens (including phenoxy) is 1. The number of nitrogens with two attached hydrogens (primary N) is 1. The molecule has 1 aromatic carbocycles. The number of sulfonamides is 1. The Balaban J connectivity index is 1.71. The van der Waals surface area contributed by atoms with Crippen LogP contribution in [0, 0.1) is 5.82 Å². The second kappa shape index (κ2) is 7.37. The van der Waals surface area contributed by atoms with Crippen molar-refractivity contribution in [3.05, 3.63) is 48.2 Å². The molecular weight excluding hydrogens is 413 g/mol. The highest BCUT2D eigenvalue weighted by molar-refractivity contribution is 7.89. The lowest BCUT2D eigenvalue weighted by Gasteiger charge is -2.27. The molecule has 30 heavy (non-hydrogen) atoms. The third-order valence-electron chi connectivity index (χ3n) is 4.70. The maximum atomic E-state index is 14.5. The molecule has 3 N–H and O–H groups in total. The van der Waals surface area contributed by atoms with Gasteiger partial charge in [-0.2, -0.15) is 0 Å². The first kappa shape index (κ1) is 19.8. The number of hydrogen-bond donors (Lipinski definition) is 2. The van der Waals surface area contributed by atoms with Gasteiger partial charge in [-0.05, 0) is 18.2 Å². The fourth-order valence-corrected chi connectivity index (χ4v) is 4.24. The molecule has 3 aromatic rings. The average Bonchev–Trinajstić information content (AvgIpc) is 2.72. The number of halogens is 1. The second-order valence-corrected chi connectivity index (χ2v) is 8.62. The Morgan fingerprint density at radius 2 is 2.07 bits per heavy atom. The van der Waals surface area contributed by atoms with Gasteiger partial charge in [0.1, 0.15) is 23.4 Å². The number of methoxy groups -OCH3 is 1. The van der Waals surface area contributed by atoms with E-state index < -0.39 is 21.9 Å². The van der Waals surface area contributed by atoms with E-state index in [2.05, 4.69) is 25.3 Å². The molecule has 156 valence electrons. The summed E-state index contributed by atoms with van der Waals surface area (Å²) in [5.41, 5.74) is 7.34. The quantitative estimate of drug-likeness (QED) is 0.635. The molecule has 0 aliphatic carbocycles. The maximum Gasteiger partial charge on any atom is 0.239 e. The minimum Gasteiger partial charge on any atom is -0.495 e. The minimum absolute atomic E-state index is 0.104. The van der Waals surface area contributed by atoms with Crippen LogP contribution in [0.3, 0.4) is 0 Å². The summed E-state index contributed by atoms with van der Waals surface area (Å²) in [6.07, 6.45) is 2.90. The van der Waals surface area contributed by atoms with E-state index in [-0.39, 0.29) is 17.3 Å². The van der Waals surface area contributed by atoms with E-state index in [9.17, 15) is 12.8 Å². The zero-order valence-electron chi connectivity index (χ0n) is 16.1. The van der Waals surface area contributed by atoms with Crippen molar-refractivity contribution in [2.75, 3.05) is 25.2 Å². The predicted octanol–water partition coefficient (Wildman–Crippen LogP) is 1.55. The number of nitrogens with zero attached hydrogens (tertiary/aromatic N) is 5. The van der Waals surface area contributed by atoms with Gasteiger partial charge in [-0.1, -0.05) is 0 Å². The lowest BCUT2D eigenvalue weighted by atomic mass is 10.1. The molecule has 1 atom stereocenters. The van der Waals surface area contributed by atoms with Gasteiger partial charge in [0.05, 0.1) is 30.6 Å². The number of guanidine groups is 1. The van der Waals surface area contributed by atoms with Crippen LogP contribution in [-0.4, -0.2) is 53.5 Å². The van der Waals surface area contributed by atoms with Gasteiger partial charge in [0, 0.05) is 24.4 Å². The number of aromatic nitrogens is 3. The monoisotopic (exact) mass is 431 g/mol. The highest BCUT2D eigenvalue weighted by atomic mass is 32.2. The van der Waals surface area contributed by atoms with E-state index in [1.54, 1.807) is 6.07 Å². The molecule has 0 saturated carbocycles. The van der Waals surface area contributed by atoms with E-state index in [0.29, 0.717) is 28.3 Å². The van der Waals surface area contributed by atoms with Gasteiger partial charge >= 0.3 is 0 Å². The molecule has 10 nitrogen and oxygen atoms in total. The Kier molecular flexibility index (Phi) is 4.86. The Morgan fingerprint density at radius 3 is 2.80 bits per heavy atom. The molecule has 0 bridgehead atoms. The van der Waals surface area contributed by atoms with E-state index >= 15 is 0 Å². The van der Waals surface area contributed by atoms with Crippen molar-refractivity contribution < 1.29 is 17.5 Å². The van der Waals surface area contributed by atoms with Crippen molar-refractivity contribution in [3.8, 4) is 5.75 Å². The molecule has 0 amide bonds. The van der Waals surface area contributed by atoms with Crippen molar-refractivity contribution in [3.63, 3.8) is 0 Å². The molecule has 2 aromatic heterocycles. The standard InChI is InChI=1S/C18H18FN7O3S/c1-26-18(20)25-15(8-30(26,27)28)12-5-10(3-4-13(12)19)24-17-16-14(22-9-23-17)6-11(29-2)7-21-16/h3-7,9,15H,8H2,1-2H3,(H2,20,25)(H,22,23,24)/t15-/m0/s1. The number of hydrogen-bond acceptors (Lipinski definition) is 9. The maximum absolute atomic E-state index is 14.5. The molecule has 0 unspecified atom stereocenters. The SMILES string of the molecule is COc1cnc2c(Nc3ccc(F)c([C@@H]4CS(=O)(=O)N(C)C(N)=N4)c3)ncnc2c1. The first-order chi connectivity index (χ1) is 14.3. The molecule has 1 aliphatic rings. The van der Waals surface area contributed by atoms with Crippen LogP contribution < -0.4 is 15.8 Å². The number of aliphatic imine (C=N–C) groups is 1. The lowest BCUT2D eigenvalue weighted by Crippen LogP contribution is -2.45. The van der Waals surface area contributed by atoms with Gasteiger partial charge in [0.2, 0.25) is 16.0 Å². The van der Waals surface area contributed by atoms with Crippen LogP contribution in [0.25, 0.3) is 11.0 Å². The zero-order chi connectivity index (χ0) is 21.5. The fraction of sp³-hybridized carbons (Fsp3) is 0.222. The molecule has 0 saturated heterocycles. The van der Waals surface area contributed by atoms with Crippen LogP contribution >= 0.6 is 0 Å². The fourth-order valence-electron chi connectivity index (χ4n) is 3.03. The molecule has 0 spiro atoms. The van der Waals surface area contributed by atoms with Crippen molar-refractivity contribution in [2.45, 2.75) is 6.04 Å². The van der Waals surface area contributed by atoms with E-state index in [4.69, 9.17) is 10.5 Å². The van der Waals surface area contributed by atoms with Crippen molar-refractivity contribution in [1.29, 1.82) is 0 Å². The van der Waals surface area contributed by atoms with Crippen molar-refractivity contribution in [1.82, 2.24) is 19.3 Å². The van der Waals surface area contributed by atoms with Gasteiger partial charge in [0.25, 0.3) is 0 Å². The zero-order valence-corrected chi connectivity index (χ0v) is 16.9. The number of anilines is 2. The first-order valence-electron chi connectivity index (χ1n) is 8.79. The summed E-state index contributed by atoms with van der Waals surface area (Å²) in [5.74, 6) is -0.210. The molecule has 12 heteroatoms. The van der Waals surface area contributed by atoms with E-state index in [1.165, 1.54) is 44.9 Å². The number of fused-ring (bicyclic) bond motifs is 1. The summed E-state index contributed by atoms with van der Waals surface area (Å²) < 4.78 is 45.0. The van der Waals surface area contributed by atoms with Gasteiger partial charge in [-0.25, -0.2) is 37.1 Å². The Labute approximate surface area is 171 Å². The summed E-state index contributed by atoms with van der Waals surface area (Å²) in [4.78, 5) is 16.8. The predicted molar refractivity (Wildman–Crippen MR) is 109 cm³/mol. The molecule has 0 fully saturated rings. The normalized spacial score (nSPS) is 18.2. The summed E-state index contributed by atoms with van der Waals surface area (Å²) in [5, 5.41) is 3.07. The van der Waals surface area contributed by atoms with Gasteiger partial charge in [0.15, 0.2) is 5.82 Å². The second-order valence-electron chi connectivity index (χ2n) is 6.58. The molecule has 4 rings (SSSR count). The highest BCUT2D eigenvalue weighted by Crippen LogP contribution is 2.30. The van der Waals surface area contributed by atoms with Crippen LogP contribution in [0.15, 0.2) is 41.8 Å². The van der Waals surface area contributed by atoms with Gasteiger partial charge in [-0.15, -0.1) is 0 Å². The van der Waals surface area contributed by atoms with Crippen molar-refractivity contribution >= 4 is 38.5 Å². The molecular formula is C18H18FN7O3S. The molecule has 3 heterocycles. The van der Waals surface area contributed by atoms with Gasteiger partial charge in [-0.3, -0.25) is 0 Å². The number of pyridine rings is 1. The highest BCUT2D eigenvalue weighted by Gasteiger charge is 2.32. The first-order valence-corrected chi connectivity index (χ1v) is 10.4. The summed E-state index contributed by atoms with van der Waals surface area (Å²) in [6.45, 7) is 0.